The van der Waals surface area contributed by atoms with Gasteiger partial charge in [0, 0.05) is 56.2 Å². The lowest BCUT2D eigenvalue weighted by molar-refractivity contribution is 0.456. The Kier molecular flexibility index (Phi) is 7.06. The molecule has 10 nitrogen and oxygen atoms in total. The maximum atomic E-state index is 13.0. The number of nitrogens with one attached hydrogen (secondary N) is 2. The van der Waals surface area contributed by atoms with Crippen LogP contribution in [0.15, 0.2) is 71.9 Å². The lowest BCUT2D eigenvalue weighted by atomic mass is 10.1. The van der Waals surface area contributed by atoms with Gasteiger partial charge in [-0.2, -0.15) is 10.1 Å². The van der Waals surface area contributed by atoms with E-state index in [-0.39, 0.29) is 10.8 Å². The first-order valence-corrected chi connectivity index (χ1v) is 13.6. The van der Waals surface area contributed by atoms with Crippen LogP contribution in [0.5, 0.6) is 11.6 Å². The first kappa shape index (κ1) is 24.7. The highest BCUT2D eigenvalue weighted by atomic mass is 32.2. The first-order chi connectivity index (χ1) is 17.9. The second kappa shape index (κ2) is 10.6. The fourth-order valence-corrected chi connectivity index (χ4v) is 5.15. The van der Waals surface area contributed by atoms with E-state index in [1.165, 1.54) is 17.1 Å². The van der Waals surface area contributed by atoms with Gasteiger partial charge < -0.3 is 15.0 Å². The highest BCUT2D eigenvalue weighted by molar-refractivity contribution is 7.92. The molecule has 2 aromatic heterocycles. The molecule has 0 spiro atoms. The van der Waals surface area contributed by atoms with Crippen LogP contribution in [0.25, 0.3) is 11.3 Å². The smallest absolute Gasteiger partial charge is 0.267 e. The highest BCUT2D eigenvalue weighted by Crippen LogP contribution is 2.33. The van der Waals surface area contributed by atoms with Crippen LogP contribution < -0.4 is 19.7 Å². The van der Waals surface area contributed by atoms with Crippen molar-refractivity contribution in [3.63, 3.8) is 0 Å². The molecule has 0 radical (unpaired) electrons. The Morgan fingerprint density at radius 3 is 2.41 bits per heavy atom. The molecule has 0 saturated carbocycles. The molecule has 1 fully saturated rings. The molecule has 0 aliphatic carbocycles. The number of anilines is 2. The summed E-state index contributed by atoms with van der Waals surface area (Å²) in [5, 5.41) is 7.32. The van der Waals surface area contributed by atoms with Crippen LogP contribution in [-0.2, 0) is 23.5 Å². The maximum Gasteiger partial charge on any atom is 0.267 e. The molecule has 192 valence electrons. The van der Waals surface area contributed by atoms with Gasteiger partial charge in [0.2, 0.25) is 11.8 Å². The molecule has 2 aromatic carbocycles. The van der Waals surface area contributed by atoms with E-state index in [2.05, 4.69) is 30.0 Å². The van der Waals surface area contributed by atoms with Gasteiger partial charge in [0.05, 0.1) is 11.9 Å². The molecule has 2 N–H and O–H groups in total. The number of aryl methyl sites for hydroxylation is 1. The maximum absolute atomic E-state index is 13.0. The number of aromatic nitrogens is 4. The number of rotatable bonds is 8. The number of benzene rings is 2. The standard InChI is InChI=1S/C26H29N7O3S/c1-3-23-24(19-7-5-4-6-8-19)29-26(31-37(34,35)22-17-28-32(2)18-22)30-25(23)36-21-11-9-20(10-12-21)33-15-13-27-14-16-33/h4-12,17-18,27H,3,13-16H2,1-2H3,(H,29,30,31). The minimum Gasteiger partial charge on any atom is -0.439 e. The molecule has 1 aliphatic heterocycles. The van der Waals surface area contributed by atoms with E-state index in [9.17, 15) is 8.42 Å². The molecule has 5 rings (SSSR count). The van der Waals surface area contributed by atoms with Crippen LogP contribution in [0.1, 0.15) is 12.5 Å². The van der Waals surface area contributed by atoms with Gasteiger partial charge in [-0.15, -0.1) is 0 Å². The molecular weight excluding hydrogens is 490 g/mol. The summed E-state index contributed by atoms with van der Waals surface area (Å²) in [5.41, 5.74) is 3.35. The Hall–Kier alpha value is -3.96. The van der Waals surface area contributed by atoms with Crippen LogP contribution in [0.2, 0.25) is 0 Å². The summed E-state index contributed by atoms with van der Waals surface area (Å²) in [5.74, 6) is 0.829. The normalized spacial score (nSPS) is 13.9. The molecule has 0 bridgehead atoms. The predicted octanol–water partition coefficient (Wildman–Crippen LogP) is 3.44. The van der Waals surface area contributed by atoms with E-state index < -0.39 is 10.0 Å². The topological polar surface area (TPSA) is 114 Å². The molecular formula is C26H29N7O3S. The minimum atomic E-state index is -3.94. The number of piperazine rings is 1. The quantitative estimate of drug-likeness (QED) is 0.364. The van der Waals surface area contributed by atoms with E-state index in [4.69, 9.17) is 4.74 Å². The number of ether oxygens (including phenoxy) is 1. The van der Waals surface area contributed by atoms with Gasteiger partial charge in [0.15, 0.2) is 0 Å². The van der Waals surface area contributed by atoms with Crippen molar-refractivity contribution in [3.8, 4) is 22.9 Å². The molecule has 1 saturated heterocycles. The molecule has 1 aliphatic rings. The van der Waals surface area contributed by atoms with Crippen LogP contribution >= 0.6 is 0 Å². The van der Waals surface area contributed by atoms with Gasteiger partial charge in [0.1, 0.15) is 10.6 Å². The van der Waals surface area contributed by atoms with Crippen LogP contribution in [0, 0.1) is 0 Å². The Bertz CT molecular complexity index is 1470. The molecule has 3 heterocycles. The summed E-state index contributed by atoms with van der Waals surface area (Å²) in [7, 11) is -2.29. The number of hydrogen-bond donors (Lipinski definition) is 2. The van der Waals surface area contributed by atoms with E-state index in [0.717, 1.165) is 43.0 Å². The van der Waals surface area contributed by atoms with E-state index in [0.29, 0.717) is 23.7 Å². The third-order valence-electron chi connectivity index (χ3n) is 6.12. The second-order valence-electron chi connectivity index (χ2n) is 8.69. The lowest BCUT2D eigenvalue weighted by Crippen LogP contribution is -2.43. The highest BCUT2D eigenvalue weighted by Gasteiger charge is 2.22. The fraction of sp³-hybridized carbons (Fsp3) is 0.269. The molecule has 37 heavy (non-hydrogen) atoms. The van der Waals surface area contributed by atoms with Crippen molar-refractivity contribution in [1.82, 2.24) is 25.1 Å². The third-order valence-corrected chi connectivity index (χ3v) is 7.40. The van der Waals surface area contributed by atoms with Crippen molar-refractivity contribution >= 4 is 21.7 Å². The Balaban J connectivity index is 1.51. The molecule has 0 atom stereocenters. The van der Waals surface area contributed by atoms with Crippen molar-refractivity contribution < 1.29 is 13.2 Å². The first-order valence-electron chi connectivity index (χ1n) is 12.1. The summed E-state index contributed by atoms with van der Waals surface area (Å²) in [6.45, 7) is 5.81. The summed E-state index contributed by atoms with van der Waals surface area (Å²) < 4.78 is 36.1. The van der Waals surface area contributed by atoms with Crippen LogP contribution in [0.3, 0.4) is 0 Å². The monoisotopic (exact) mass is 519 g/mol. The van der Waals surface area contributed by atoms with Gasteiger partial charge in [-0.05, 0) is 30.7 Å². The second-order valence-corrected chi connectivity index (χ2v) is 10.4. The Morgan fingerprint density at radius 2 is 1.76 bits per heavy atom. The van der Waals surface area contributed by atoms with Crippen LogP contribution in [0.4, 0.5) is 11.6 Å². The number of sulfonamides is 1. The molecule has 11 heteroatoms. The van der Waals surface area contributed by atoms with Crippen LogP contribution in [-0.4, -0.2) is 54.3 Å². The summed E-state index contributed by atoms with van der Waals surface area (Å²) in [6.07, 6.45) is 3.28. The summed E-state index contributed by atoms with van der Waals surface area (Å²) >= 11 is 0. The van der Waals surface area contributed by atoms with Crippen molar-refractivity contribution in [2.75, 3.05) is 35.8 Å². The Labute approximate surface area is 216 Å². The average molecular weight is 520 g/mol. The van der Waals surface area contributed by atoms with Crippen molar-refractivity contribution in [1.29, 1.82) is 0 Å². The average Bonchev–Trinajstić information content (AvgIpc) is 3.37. The summed E-state index contributed by atoms with van der Waals surface area (Å²) in [4.78, 5) is 11.4. The van der Waals surface area contributed by atoms with E-state index in [1.54, 1.807) is 7.05 Å². The van der Waals surface area contributed by atoms with Gasteiger partial charge in [0.25, 0.3) is 10.0 Å². The van der Waals surface area contributed by atoms with Gasteiger partial charge in [-0.1, -0.05) is 37.3 Å². The number of nitrogens with zero attached hydrogens (tertiary/aromatic N) is 5. The van der Waals surface area contributed by atoms with Crippen molar-refractivity contribution in [2.45, 2.75) is 18.2 Å². The molecule has 4 aromatic rings. The zero-order chi connectivity index (χ0) is 25.8. The molecule has 0 unspecified atom stereocenters. The van der Waals surface area contributed by atoms with Gasteiger partial charge >= 0.3 is 0 Å². The van der Waals surface area contributed by atoms with Gasteiger partial charge in [-0.25, -0.2) is 18.1 Å². The van der Waals surface area contributed by atoms with E-state index >= 15 is 0 Å². The largest absolute Gasteiger partial charge is 0.439 e. The zero-order valence-electron chi connectivity index (χ0n) is 20.8. The lowest BCUT2D eigenvalue weighted by Gasteiger charge is -2.29. The number of hydrogen-bond acceptors (Lipinski definition) is 8. The molecule has 0 amide bonds. The van der Waals surface area contributed by atoms with Crippen molar-refractivity contribution in [2.24, 2.45) is 7.05 Å². The summed E-state index contributed by atoms with van der Waals surface area (Å²) in [6, 6.07) is 17.4. The fourth-order valence-electron chi connectivity index (χ4n) is 4.22. The van der Waals surface area contributed by atoms with E-state index in [1.807, 2.05) is 61.5 Å². The third kappa shape index (κ3) is 5.57. The SMILES string of the molecule is CCc1c(Oc2ccc(N3CCNCC3)cc2)nc(NS(=O)(=O)c2cnn(C)c2)nc1-c1ccccc1. The van der Waals surface area contributed by atoms with Gasteiger partial charge in [-0.3, -0.25) is 4.68 Å². The Morgan fingerprint density at radius 1 is 1.03 bits per heavy atom. The minimum absolute atomic E-state index is 0.0189. The predicted molar refractivity (Wildman–Crippen MR) is 142 cm³/mol. The van der Waals surface area contributed by atoms with Crippen molar-refractivity contribution in [3.05, 3.63) is 72.6 Å². The zero-order valence-corrected chi connectivity index (χ0v) is 21.6.